The molecule has 0 aromatic carbocycles. The minimum atomic E-state index is -0.719. The molecular weight excluding hydrogens is 218 g/mol. The highest BCUT2D eigenvalue weighted by Crippen LogP contribution is 2.29. The van der Waals surface area contributed by atoms with Gasteiger partial charge in [0.1, 0.15) is 0 Å². The summed E-state index contributed by atoms with van der Waals surface area (Å²) in [6, 6.07) is 0.264. The Labute approximate surface area is 103 Å². The van der Waals surface area contributed by atoms with Crippen LogP contribution in [0.1, 0.15) is 52.4 Å². The molecule has 1 saturated carbocycles. The predicted octanol–water partition coefficient (Wildman–Crippen LogP) is 2.18. The summed E-state index contributed by atoms with van der Waals surface area (Å²) in [7, 11) is 0. The Morgan fingerprint density at radius 1 is 1.12 bits per heavy atom. The average molecular weight is 241 g/mol. The summed E-state index contributed by atoms with van der Waals surface area (Å²) >= 11 is 0. The zero-order valence-corrected chi connectivity index (χ0v) is 10.7. The molecule has 0 aromatic rings. The van der Waals surface area contributed by atoms with Gasteiger partial charge in [0.05, 0.1) is 5.92 Å². The zero-order chi connectivity index (χ0) is 12.8. The lowest BCUT2D eigenvalue weighted by Crippen LogP contribution is -2.40. The quantitative estimate of drug-likeness (QED) is 0.775. The van der Waals surface area contributed by atoms with Crippen LogP contribution in [0.4, 0.5) is 0 Å². The lowest BCUT2D eigenvalue weighted by molar-refractivity contribution is -0.144. The van der Waals surface area contributed by atoms with Gasteiger partial charge in [0.15, 0.2) is 0 Å². The molecule has 98 valence electrons. The number of carbonyl (C=O) groups excluding carboxylic acids is 1. The van der Waals surface area contributed by atoms with Gasteiger partial charge >= 0.3 is 5.97 Å². The highest BCUT2D eigenvalue weighted by molar-refractivity contribution is 5.79. The van der Waals surface area contributed by atoms with Crippen molar-refractivity contribution >= 4 is 11.9 Å². The number of hydrogen-bond acceptors (Lipinski definition) is 2. The first kappa shape index (κ1) is 14.0. The second kappa shape index (κ2) is 6.62. The first-order chi connectivity index (χ1) is 8.08. The number of hydrogen-bond donors (Lipinski definition) is 2. The summed E-state index contributed by atoms with van der Waals surface area (Å²) in [6.07, 6.45) is 4.60. The summed E-state index contributed by atoms with van der Waals surface area (Å²) in [6.45, 7) is 4.13. The summed E-state index contributed by atoms with van der Waals surface area (Å²) < 4.78 is 0. The Kier molecular flexibility index (Phi) is 5.45. The maximum atomic E-state index is 11.9. The molecule has 0 bridgehead atoms. The molecule has 2 N–H and O–H groups in total. The third kappa shape index (κ3) is 4.02. The molecule has 1 aliphatic carbocycles. The van der Waals surface area contributed by atoms with E-state index in [-0.39, 0.29) is 23.8 Å². The van der Waals surface area contributed by atoms with E-state index in [0.717, 1.165) is 12.8 Å². The number of carboxylic acids is 1. The van der Waals surface area contributed by atoms with Crippen LogP contribution in [0.5, 0.6) is 0 Å². The van der Waals surface area contributed by atoms with Crippen molar-refractivity contribution in [1.29, 1.82) is 0 Å². The van der Waals surface area contributed by atoms with Crippen molar-refractivity contribution in [3.63, 3.8) is 0 Å². The van der Waals surface area contributed by atoms with Crippen molar-refractivity contribution in [2.24, 2.45) is 11.8 Å². The Morgan fingerprint density at radius 2 is 1.59 bits per heavy atom. The van der Waals surface area contributed by atoms with E-state index in [2.05, 4.69) is 19.2 Å². The molecule has 0 aliphatic heterocycles. The van der Waals surface area contributed by atoms with E-state index >= 15 is 0 Å². The topological polar surface area (TPSA) is 66.4 Å². The summed E-state index contributed by atoms with van der Waals surface area (Å²) in [5, 5.41) is 11.9. The molecule has 0 unspecified atom stereocenters. The fourth-order valence-corrected chi connectivity index (χ4v) is 2.41. The third-order valence-electron chi connectivity index (χ3n) is 3.78. The lowest BCUT2D eigenvalue weighted by atomic mass is 9.81. The monoisotopic (exact) mass is 241 g/mol. The first-order valence-electron chi connectivity index (χ1n) is 6.61. The minimum Gasteiger partial charge on any atom is -0.481 e. The van der Waals surface area contributed by atoms with E-state index in [4.69, 9.17) is 5.11 Å². The van der Waals surface area contributed by atoms with E-state index in [1.165, 1.54) is 0 Å². The number of amides is 1. The van der Waals surface area contributed by atoms with Crippen molar-refractivity contribution in [2.45, 2.75) is 58.4 Å². The predicted molar refractivity (Wildman–Crippen MR) is 65.6 cm³/mol. The molecule has 1 aliphatic rings. The maximum absolute atomic E-state index is 11.9. The molecule has 0 heterocycles. The molecular formula is C13H23NO3. The number of aliphatic carboxylic acids is 1. The summed E-state index contributed by atoms with van der Waals surface area (Å²) in [5.41, 5.74) is 0. The Morgan fingerprint density at radius 3 is 2.00 bits per heavy atom. The highest BCUT2D eigenvalue weighted by atomic mass is 16.4. The Bertz CT molecular complexity index is 266. The van der Waals surface area contributed by atoms with E-state index in [1.807, 2.05) is 0 Å². The van der Waals surface area contributed by atoms with Gasteiger partial charge in [0.25, 0.3) is 0 Å². The molecule has 0 radical (unpaired) electrons. The van der Waals surface area contributed by atoms with E-state index in [0.29, 0.717) is 25.7 Å². The zero-order valence-electron chi connectivity index (χ0n) is 10.7. The number of rotatable bonds is 5. The van der Waals surface area contributed by atoms with E-state index in [9.17, 15) is 9.59 Å². The molecule has 0 saturated heterocycles. The van der Waals surface area contributed by atoms with Gasteiger partial charge < -0.3 is 10.4 Å². The maximum Gasteiger partial charge on any atom is 0.306 e. The van der Waals surface area contributed by atoms with Crippen LogP contribution in [0.15, 0.2) is 0 Å². The van der Waals surface area contributed by atoms with Crippen LogP contribution in [0.3, 0.4) is 0 Å². The molecule has 1 amide bonds. The van der Waals surface area contributed by atoms with Crippen molar-refractivity contribution < 1.29 is 14.7 Å². The van der Waals surface area contributed by atoms with Crippen molar-refractivity contribution in [3.8, 4) is 0 Å². The number of carboxylic acid groups (broad SMARTS) is 1. The average Bonchev–Trinajstić information content (AvgIpc) is 2.35. The van der Waals surface area contributed by atoms with Gasteiger partial charge in [0.2, 0.25) is 5.91 Å². The lowest BCUT2D eigenvalue weighted by Gasteiger charge is -2.27. The van der Waals surface area contributed by atoms with Gasteiger partial charge in [0, 0.05) is 12.0 Å². The molecule has 0 atom stereocenters. The first-order valence-corrected chi connectivity index (χ1v) is 6.61. The van der Waals surface area contributed by atoms with Crippen molar-refractivity contribution in [3.05, 3.63) is 0 Å². The van der Waals surface area contributed by atoms with Crippen LogP contribution in [-0.2, 0) is 9.59 Å². The second-order valence-electron chi connectivity index (χ2n) is 4.91. The van der Waals surface area contributed by atoms with Crippen LogP contribution in [0.25, 0.3) is 0 Å². The van der Waals surface area contributed by atoms with Gasteiger partial charge in [-0.2, -0.15) is 0 Å². The van der Waals surface area contributed by atoms with Crippen LogP contribution < -0.4 is 5.32 Å². The molecule has 0 spiro atoms. The van der Waals surface area contributed by atoms with Gasteiger partial charge in [-0.3, -0.25) is 9.59 Å². The minimum absolute atomic E-state index is 0.0196. The molecule has 4 nitrogen and oxygen atoms in total. The molecule has 1 fully saturated rings. The summed E-state index contributed by atoms with van der Waals surface area (Å²) in [4.78, 5) is 22.7. The SMILES string of the molecule is CCC(CC)NC(=O)C1CCC(C(=O)O)CC1. The van der Waals surface area contributed by atoms with Crippen LogP contribution in [0.2, 0.25) is 0 Å². The van der Waals surface area contributed by atoms with Gasteiger partial charge in [-0.15, -0.1) is 0 Å². The van der Waals surface area contributed by atoms with Gasteiger partial charge in [-0.1, -0.05) is 13.8 Å². The van der Waals surface area contributed by atoms with Crippen molar-refractivity contribution in [1.82, 2.24) is 5.32 Å². The van der Waals surface area contributed by atoms with Gasteiger partial charge in [-0.05, 0) is 38.5 Å². The smallest absolute Gasteiger partial charge is 0.306 e. The van der Waals surface area contributed by atoms with Crippen LogP contribution in [0, 0.1) is 11.8 Å². The molecule has 0 aromatic heterocycles. The molecule has 1 rings (SSSR count). The third-order valence-corrected chi connectivity index (χ3v) is 3.78. The Hall–Kier alpha value is -1.06. The van der Waals surface area contributed by atoms with Crippen LogP contribution >= 0.6 is 0 Å². The number of carbonyl (C=O) groups is 2. The van der Waals surface area contributed by atoms with Crippen LogP contribution in [-0.4, -0.2) is 23.0 Å². The highest BCUT2D eigenvalue weighted by Gasteiger charge is 2.30. The van der Waals surface area contributed by atoms with E-state index in [1.54, 1.807) is 0 Å². The fourth-order valence-electron chi connectivity index (χ4n) is 2.41. The number of nitrogens with one attached hydrogen (secondary N) is 1. The molecule has 4 heteroatoms. The van der Waals surface area contributed by atoms with E-state index < -0.39 is 5.97 Å². The molecule has 17 heavy (non-hydrogen) atoms. The standard InChI is InChI=1S/C13H23NO3/c1-3-11(4-2)14-12(15)9-5-7-10(8-6-9)13(16)17/h9-11H,3-8H2,1-2H3,(H,14,15)(H,16,17). The van der Waals surface area contributed by atoms with Gasteiger partial charge in [-0.25, -0.2) is 0 Å². The Balaban J connectivity index is 2.38. The normalized spacial score (nSPS) is 24.6. The van der Waals surface area contributed by atoms with Crippen molar-refractivity contribution in [2.75, 3.05) is 0 Å². The largest absolute Gasteiger partial charge is 0.481 e. The summed E-state index contributed by atoms with van der Waals surface area (Å²) in [5.74, 6) is -0.829. The second-order valence-corrected chi connectivity index (χ2v) is 4.91. The fraction of sp³-hybridized carbons (Fsp3) is 0.846.